The number of allylic oxidation sites excluding steroid dienone is 1. The van der Waals surface area contributed by atoms with Gasteiger partial charge in [-0.15, -0.1) is 0 Å². The standard InChI is InChI=1S/C11H16N2O2/c1-6-4-5-7(11(6,2)3)8-9(14)13-10(15)12-8/h7-8H,1,4-5H2,2-3H3,(H2,12,13,14,15)/t7-,8+/m1/s1. The second-order valence-electron chi connectivity index (χ2n) is 4.91. The predicted octanol–water partition coefficient (Wildman–Crippen LogP) is 1.19. The lowest BCUT2D eigenvalue weighted by Gasteiger charge is -2.31. The molecule has 0 radical (unpaired) electrons. The van der Waals surface area contributed by atoms with Crippen LogP contribution in [0, 0.1) is 11.3 Å². The molecule has 82 valence electrons. The van der Waals surface area contributed by atoms with Gasteiger partial charge in [0.05, 0.1) is 0 Å². The van der Waals surface area contributed by atoms with E-state index < -0.39 is 0 Å². The van der Waals surface area contributed by atoms with Gasteiger partial charge in [-0.3, -0.25) is 10.1 Å². The van der Waals surface area contributed by atoms with E-state index in [9.17, 15) is 9.59 Å². The molecule has 0 aromatic heterocycles. The monoisotopic (exact) mass is 208 g/mol. The summed E-state index contributed by atoms with van der Waals surface area (Å²) in [5, 5.41) is 4.96. The van der Waals surface area contributed by atoms with Crippen molar-refractivity contribution in [3.63, 3.8) is 0 Å². The largest absolute Gasteiger partial charge is 0.326 e. The normalized spacial score (nSPS) is 34.1. The van der Waals surface area contributed by atoms with E-state index in [0.717, 1.165) is 12.8 Å². The zero-order chi connectivity index (χ0) is 11.2. The topological polar surface area (TPSA) is 58.2 Å². The molecule has 0 aromatic rings. The van der Waals surface area contributed by atoms with Gasteiger partial charge in [-0.1, -0.05) is 26.0 Å². The minimum absolute atomic E-state index is 0.0698. The Bertz CT molecular complexity index is 346. The summed E-state index contributed by atoms with van der Waals surface area (Å²) in [7, 11) is 0. The molecule has 2 atom stereocenters. The van der Waals surface area contributed by atoms with Gasteiger partial charge in [0.25, 0.3) is 5.91 Å². The average Bonchev–Trinajstić information content (AvgIpc) is 2.56. The first-order chi connectivity index (χ1) is 6.93. The number of rotatable bonds is 1. The number of nitrogens with one attached hydrogen (secondary N) is 2. The van der Waals surface area contributed by atoms with Gasteiger partial charge in [-0.2, -0.15) is 0 Å². The fourth-order valence-electron chi connectivity index (χ4n) is 2.57. The summed E-state index contributed by atoms with van der Waals surface area (Å²) in [5.41, 5.74) is 1.10. The maximum atomic E-state index is 11.5. The van der Waals surface area contributed by atoms with Crippen LogP contribution >= 0.6 is 0 Å². The van der Waals surface area contributed by atoms with Crippen molar-refractivity contribution in [3.05, 3.63) is 12.2 Å². The number of hydrogen-bond donors (Lipinski definition) is 2. The molecule has 3 amide bonds. The number of carbonyl (C=O) groups excluding carboxylic acids is 2. The smallest absolute Gasteiger partial charge is 0.322 e. The average molecular weight is 208 g/mol. The molecule has 1 aliphatic carbocycles. The van der Waals surface area contributed by atoms with Crippen LogP contribution in [0.3, 0.4) is 0 Å². The van der Waals surface area contributed by atoms with Gasteiger partial charge in [0.2, 0.25) is 0 Å². The molecular formula is C11H16N2O2. The predicted molar refractivity (Wildman–Crippen MR) is 56.1 cm³/mol. The van der Waals surface area contributed by atoms with E-state index in [2.05, 4.69) is 31.1 Å². The SMILES string of the molecule is C=C1CC[C@H]([C@@H]2NC(=O)NC2=O)C1(C)C. The van der Waals surface area contributed by atoms with Crippen molar-refractivity contribution in [1.29, 1.82) is 0 Å². The van der Waals surface area contributed by atoms with E-state index in [1.165, 1.54) is 5.57 Å². The van der Waals surface area contributed by atoms with E-state index in [4.69, 9.17) is 0 Å². The molecule has 2 fully saturated rings. The highest BCUT2D eigenvalue weighted by molar-refractivity contribution is 6.04. The Morgan fingerprint density at radius 1 is 1.40 bits per heavy atom. The Labute approximate surface area is 89.1 Å². The second kappa shape index (κ2) is 3.08. The van der Waals surface area contributed by atoms with E-state index in [1.807, 2.05) is 0 Å². The summed E-state index contributed by atoms with van der Waals surface area (Å²) < 4.78 is 0. The van der Waals surface area contributed by atoms with Gasteiger partial charge in [-0.05, 0) is 24.2 Å². The highest BCUT2D eigenvalue weighted by Crippen LogP contribution is 2.47. The van der Waals surface area contributed by atoms with Crippen molar-refractivity contribution >= 4 is 11.9 Å². The van der Waals surface area contributed by atoms with Crippen LogP contribution in [0.15, 0.2) is 12.2 Å². The molecule has 4 nitrogen and oxygen atoms in total. The summed E-state index contributed by atoms with van der Waals surface area (Å²) in [6, 6.07) is -0.759. The lowest BCUT2D eigenvalue weighted by molar-refractivity contribution is -0.121. The van der Waals surface area contributed by atoms with Crippen molar-refractivity contribution in [2.24, 2.45) is 11.3 Å². The van der Waals surface area contributed by atoms with Crippen molar-refractivity contribution in [2.75, 3.05) is 0 Å². The first-order valence-electron chi connectivity index (χ1n) is 5.22. The van der Waals surface area contributed by atoms with Gasteiger partial charge < -0.3 is 5.32 Å². The molecule has 2 aliphatic rings. The summed E-state index contributed by atoms with van der Waals surface area (Å²) in [6.45, 7) is 8.20. The number of imide groups is 1. The van der Waals surface area contributed by atoms with E-state index in [1.54, 1.807) is 0 Å². The molecule has 4 heteroatoms. The molecule has 0 unspecified atom stereocenters. The molecular weight excluding hydrogens is 192 g/mol. The summed E-state index contributed by atoms with van der Waals surface area (Å²) in [6.07, 6.45) is 1.86. The zero-order valence-electron chi connectivity index (χ0n) is 9.09. The number of amides is 3. The van der Waals surface area contributed by atoms with Crippen molar-refractivity contribution in [2.45, 2.75) is 32.7 Å². The molecule has 1 heterocycles. The van der Waals surface area contributed by atoms with Gasteiger partial charge in [0, 0.05) is 0 Å². The van der Waals surface area contributed by atoms with Gasteiger partial charge in [-0.25, -0.2) is 4.79 Å². The van der Waals surface area contributed by atoms with Crippen LogP contribution in [0.25, 0.3) is 0 Å². The fraction of sp³-hybridized carbons (Fsp3) is 0.636. The van der Waals surface area contributed by atoms with Crippen LogP contribution in [0.5, 0.6) is 0 Å². The summed E-state index contributed by atoms with van der Waals surface area (Å²) in [4.78, 5) is 22.6. The number of hydrogen-bond acceptors (Lipinski definition) is 2. The molecule has 15 heavy (non-hydrogen) atoms. The Kier molecular flexibility index (Phi) is 2.10. The molecule has 2 N–H and O–H groups in total. The Balaban J connectivity index is 2.22. The third-order valence-corrected chi connectivity index (χ3v) is 3.80. The first-order valence-corrected chi connectivity index (χ1v) is 5.22. The van der Waals surface area contributed by atoms with Gasteiger partial charge in [0.15, 0.2) is 0 Å². The highest BCUT2D eigenvalue weighted by Gasteiger charge is 2.47. The fourth-order valence-corrected chi connectivity index (χ4v) is 2.57. The van der Waals surface area contributed by atoms with Crippen molar-refractivity contribution in [1.82, 2.24) is 10.6 Å². The van der Waals surface area contributed by atoms with Crippen molar-refractivity contribution < 1.29 is 9.59 Å². The Morgan fingerprint density at radius 3 is 2.47 bits per heavy atom. The van der Waals surface area contributed by atoms with Crippen LogP contribution in [0.1, 0.15) is 26.7 Å². The molecule has 1 saturated heterocycles. The van der Waals surface area contributed by atoms with E-state index >= 15 is 0 Å². The molecule has 0 aromatic carbocycles. The number of urea groups is 1. The summed E-state index contributed by atoms with van der Waals surface area (Å²) >= 11 is 0. The van der Waals surface area contributed by atoms with Crippen LogP contribution in [-0.2, 0) is 4.79 Å². The molecule has 1 aliphatic heterocycles. The first kappa shape index (κ1) is 10.2. The van der Waals surface area contributed by atoms with Crippen LogP contribution in [-0.4, -0.2) is 18.0 Å². The van der Waals surface area contributed by atoms with Gasteiger partial charge >= 0.3 is 6.03 Å². The maximum Gasteiger partial charge on any atom is 0.322 e. The van der Waals surface area contributed by atoms with Crippen LogP contribution < -0.4 is 10.6 Å². The van der Waals surface area contributed by atoms with E-state index in [0.29, 0.717) is 0 Å². The second-order valence-corrected chi connectivity index (χ2v) is 4.91. The molecule has 0 bridgehead atoms. The quantitative estimate of drug-likeness (QED) is 0.502. The maximum absolute atomic E-state index is 11.5. The molecule has 0 spiro atoms. The lowest BCUT2D eigenvalue weighted by atomic mass is 9.75. The van der Waals surface area contributed by atoms with Crippen LogP contribution in [0.2, 0.25) is 0 Å². The summed E-state index contributed by atoms with van der Waals surface area (Å²) in [5.74, 6) is -0.0378. The van der Waals surface area contributed by atoms with Crippen LogP contribution in [0.4, 0.5) is 4.79 Å². The van der Waals surface area contributed by atoms with Gasteiger partial charge in [0.1, 0.15) is 6.04 Å². The molecule has 2 rings (SSSR count). The van der Waals surface area contributed by atoms with E-state index in [-0.39, 0.29) is 29.3 Å². The zero-order valence-corrected chi connectivity index (χ0v) is 9.09. The minimum Gasteiger partial charge on any atom is -0.326 e. The van der Waals surface area contributed by atoms with Crippen molar-refractivity contribution in [3.8, 4) is 0 Å². The third kappa shape index (κ3) is 1.44. The highest BCUT2D eigenvalue weighted by atomic mass is 16.2. The number of carbonyl (C=O) groups is 2. The Morgan fingerprint density at radius 2 is 2.07 bits per heavy atom. The molecule has 1 saturated carbocycles. The minimum atomic E-state index is -0.383. The Hall–Kier alpha value is -1.32. The third-order valence-electron chi connectivity index (χ3n) is 3.80. The lowest BCUT2D eigenvalue weighted by Crippen LogP contribution is -2.41.